The number of amides is 1. The molecule has 0 atom stereocenters. The molecule has 19 heavy (non-hydrogen) atoms. The highest BCUT2D eigenvalue weighted by Gasteiger charge is 2.22. The van der Waals surface area contributed by atoms with Crippen molar-refractivity contribution in [3.05, 3.63) is 35.5 Å². The van der Waals surface area contributed by atoms with Crippen LogP contribution in [-0.4, -0.2) is 41.0 Å². The van der Waals surface area contributed by atoms with Crippen LogP contribution in [-0.2, 0) is 9.59 Å². The first kappa shape index (κ1) is 13.5. The molecule has 1 aliphatic heterocycles. The SMILES string of the molecule is NC1CCN(C(=O)C2=CC=C(C(=O)O)C=CC2)CC1. The van der Waals surface area contributed by atoms with E-state index in [2.05, 4.69) is 0 Å². The molecule has 0 saturated carbocycles. The van der Waals surface area contributed by atoms with E-state index in [0.717, 1.165) is 12.8 Å². The van der Waals surface area contributed by atoms with Crippen molar-refractivity contribution in [2.45, 2.75) is 25.3 Å². The van der Waals surface area contributed by atoms with E-state index in [-0.39, 0.29) is 17.5 Å². The second-order valence-electron chi connectivity index (χ2n) is 4.86. The monoisotopic (exact) mass is 262 g/mol. The van der Waals surface area contributed by atoms with Crippen LogP contribution in [0.25, 0.3) is 0 Å². The van der Waals surface area contributed by atoms with Gasteiger partial charge in [-0.25, -0.2) is 4.79 Å². The molecule has 5 heteroatoms. The van der Waals surface area contributed by atoms with E-state index in [1.54, 1.807) is 17.1 Å². The fourth-order valence-corrected chi connectivity index (χ4v) is 2.23. The molecule has 0 unspecified atom stereocenters. The minimum atomic E-state index is -0.981. The largest absolute Gasteiger partial charge is 0.478 e. The summed E-state index contributed by atoms with van der Waals surface area (Å²) in [7, 11) is 0. The Labute approximate surface area is 112 Å². The highest BCUT2D eigenvalue weighted by Crippen LogP contribution is 2.17. The predicted octanol–water partition coefficient (Wildman–Crippen LogP) is 0.833. The third-order valence-electron chi connectivity index (χ3n) is 3.45. The molecule has 0 bridgehead atoms. The molecule has 1 saturated heterocycles. The minimum absolute atomic E-state index is 0.0144. The molecule has 1 fully saturated rings. The topological polar surface area (TPSA) is 83.6 Å². The maximum atomic E-state index is 12.3. The number of carboxylic acids is 1. The van der Waals surface area contributed by atoms with Crippen LogP contribution < -0.4 is 5.73 Å². The lowest BCUT2D eigenvalue weighted by atomic mass is 10.0. The number of hydrogen-bond donors (Lipinski definition) is 2. The molecule has 2 aliphatic rings. The zero-order valence-corrected chi connectivity index (χ0v) is 10.7. The highest BCUT2D eigenvalue weighted by molar-refractivity contribution is 5.96. The zero-order chi connectivity index (χ0) is 13.8. The summed E-state index contributed by atoms with van der Waals surface area (Å²) in [6.07, 6.45) is 8.46. The van der Waals surface area contributed by atoms with Crippen LogP contribution in [0.1, 0.15) is 19.3 Å². The van der Waals surface area contributed by atoms with Gasteiger partial charge in [-0.2, -0.15) is 0 Å². The first-order chi connectivity index (χ1) is 9.08. The van der Waals surface area contributed by atoms with Gasteiger partial charge in [-0.1, -0.05) is 18.2 Å². The number of carboxylic acid groups (broad SMARTS) is 1. The van der Waals surface area contributed by atoms with Gasteiger partial charge < -0.3 is 15.7 Å². The summed E-state index contributed by atoms with van der Waals surface area (Å²) in [5, 5.41) is 8.91. The zero-order valence-electron chi connectivity index (χ0n) is 10.7. The average Bonchev–Trinajstić information content (AvgIpc) is 2.64. The normalized spacial score (nSPS) is 20.6. The Balaban J connectivity index is 2.07. The fourth-order valence-electron chi connectivity index (χ4n) is 2.23. The molecular weight excluding hydrogens is 244 g/mol. The smallest absolute Gasteiger partial charge is 0.335 e. The summed E-state index contributed by atoms with van der Waals surface area (Å²) in [4.78, 5) is 25.0. The van der Waals surface area contributed by atoms with E-state index in [0.29, 0.717) is 25.1 Å². The molecule has 1 amide bonds. The number of allylic oxidation sites excluding steroid dienone is 3. The molecular formula is C14H18N2O3. The molecule has 3 N–H and O–H groups in total. The van der Waals surface area contributed by atoms with Gasteiger partial charge in [0.2, 0.25) is 5.91 Å². The van der Waals surface area contributed by atoms with Crippen molar-refractivity contribution in [2.75, 3.05) is 13.1 Å². The quantitative estimate of drug-likeness (QED) is 0.772. The molecule has 0 aromatic heterocycles. The van der Waals surface area contributed by atoms with E-state index in [9.17, 15) is 9.59 Å². The summed E-state index contributed by atoms with van der Waals surface area (Å²) >= 11 is 0. The fraction of sp³-hybridized carbons (Fsp3) is 0.429. The van der Waals surface area contributed by atoms with E-state index in [1.165, 1.54) is 12.2 Å². The summed E-state index contributed by atoms with van der Waals surface area (Å²) in [6.45, 7) is 1.35. The van der Waals surface area contributed by atoms with Crippen LogP contribution >= 0.6 is 0 Å². The maximum Gasteiger partial charge on any atom is 0.335 e. The third-order valence-corrected chi connectivity index (χ3v) is 3.45. The van der Waals surface area contributed by atoms with Crippen molar-refractivity contribution >= 4 is 11.9 Å². The Morgan fingerprint density at radius 2 is 1.95 bits per heavy atom. The number of likely N-dealkylation sites (tertiary alicyclic amines) is 1. The van der Waals surface area contributed by atoms with Crippen LogP contribution in [0.4, 0.5) is 0 Å². The van der Waals surface area contributed by atoms with Gasteiger partial charge in [-0.15, -0.1) is 0 Å². The van der Waals surface area contributed by atoms with Crippen molar-refractivity contribution in [1.82, 2.24) is 4.90 Å². The molecule has 1 aliphatic carbocycles. The second-order valence-corrected chi connectivity index (χ2v) is 4.86. The van der Waals surface area contributed by atoms with E-state index >= 15 is 0 Å². The molecule has 1 heterocycles. The Morgan fingerprint density at radius 1 is 1.26 bits per heavy atom. The molecule has 0 radical (unpaired) electrons. The summed E-state index contributed by atoms with van der Waals surface area (Å²) in [5.74, 6) is -0.996. The Kier molecular flexibility index (Phi) is 4.16. The number of piperidine rings is 1. The van der Waals surface area contributed by atoms with Crippen LogP contribution in [0.3, 0.4) is 0 Å². The Hall–Kier alpha value is -1.88. The van der Waals surface area contributed by atoms with Crippen molar-refractivity contribution in [1.29, 1.82) is 0 Å². The molecule has 2 rings (SSSR count). The van der Waals surface area contributed by atoms with Gasteiger partial charge >= 0.3 is 5.97 Å². The summed E-state index contributed by atoms with van der Waals surface area (Å²) in [6, 6.07) is 0.186. The Morgan fingerprint density at radius 3 is 2.58 bits per heavy atom. The number of hydrogen-bond acceptors (Lipinski definition) is 3. The molecule has 5 nitrogen and oxygen atoms in total. The van der Waals surface area contributed by atoms with Crippen molar-refractivity contribution < 1.29 is 14.7 Å². The number of carbonyl (C=O) groups is 2. The standard InChI is InChI=1S/C14H18N2O3/c15-12-6-8-16(9-7-12)13(17)10-2-1-3-11(5-4-10)14(18)19/h1,3-5,12H,2,6-9,15H2,(H,18,19). The number of nitrogens with two attached hydrogens (primary N) is 1. The summed E-state index contributed by atoms with van der Waals surface area (Å²) in [5.41, 5.74) is 6.64. The third kappa shape index (κ3) is 3.32. The Bertz CT molecular complexity index is 469. The van der Waals surface area contributed by atoms with E-state index in [1.807, 2.05) is 0 Å². The van der Waals surface area contributed by atoms with Crippen molar-refractivity contribution in [2.24, 2.45) is 5.73 Å². The van der Waals surface area contributed by atoms with Gasteiger partial charge in [-0.05, 0) is 25.3 Å². The number of rotatable bonds is 2. The van der Waals surface area contributed by atoms with Gasteiger partial charge in [0.05, 0.1) is 5.57 Å². The second kappa shape index (κ2) is 5.84. The lowest BCUT2D eigenvalue weighted by molar-refractivity contribution is -0.132. The highest BCUT2D eigenvalue weighted by atomic mass is 16.4. The van der Waals surface area contributed by atoms with Crippen molar-refractivity contribution in [3.63, 3.8) is 0 Å². The predicted molar refractivity (Wildman–Crippen MR) is 71.3 cm³/mol. The van der Waals surface area contributed by atoms with Crippen LogP contribution in [0.15, 0.2) is 35.5 Å². The van der Waals surface area contributed by atoms with E-state index < -0.39 is 5.97 Å². The molecule has 0 aromatic carbocycles. The van der Waals surface area contributed by atoms with Gasteiger partial charge in [0.1, 0.15) is 0 Å². The molecule has 0 aromatic rings. The maximum absolute atomic E-state index is 12.3. The van der Waals surface area contributed by atoms with Gasteiger partial charge in [0.15, 0.2) is 0 Å². The van der Waals surface area contributed by atoms with Crippen LogP contribution in [0, 0.1) is 0 Å². The first-order valence-electron chi connectivity index (χ1n) is 6.43. The number of aliphatic carboxylic acids is 1. The van der Waals surface area contributed by atoms with Gasteiger partial charge in [-0.3, -0.25) is 4.79 Å². The summed E-state index contributed by atoms with van der Waals surface area (Å²) < 4.78 is 0. The van der Waals surface area contributed by atoms with Crippen LogP contribution in [0.2, 0.25) is 0 Å². The minimum Gasteiger partial charge on any atom is -0.478 e. The lowest BCUT2D eigenvalue weighted by Gasteiger charge is -2.30. The average molecular weight is 262 g/mol. The van der Waals surface area contributed by atoms with Crippen molar-refractivity contribution in [3.8, 4) is 0 Å². The van der Waals surface area contributed by atoms with Crippen LogP contribution in [0.5, 0.6) is 0 Å². The first-order valence-corrected chi connectivity index (χ1v) is 6.43. The molecule has 0 spiro atoms. The number of carbonyl (C=O) groups excluding carboxylic acids is 1. The lowest BCUT2D eigenvalue weighted by Crippen LogP contribution is -2.43. The van der Waals surface area contributed by atoms with Gasteiger partial charge in [0, 0.05) is 24.7 Å². The van der Waals surface area contributed by atoms with E-state index in [4.69, 9.17) is 10.8 Å². The van der Waals surface area contributed by atoms with Gasteiger partial charge in [0.25, 0.3) is 0 Å². The number of nitrogens with zero attached hydrogens (tertiary/aromatic N) is 1. The molecule has 102 valence electrons.